The Morgan fingerprint density at radius 3 is 2.79 bits per heavy atom. The van der Waals surface area contributed by atoms with E-state index in [1.807, 2.05) is 6.92 Å². The lowest BCUT2D eigenvalue weighted by Crippen LogP contribution is -2.08. The lowest BCUT2D eigenvalue weighted by atomic mass is 10.3. The number of hydrogen-bond donors (Lipinski definition) is 1. The fraction of sp³-hybridized carbons (Fsp3) is 0.500. The standard InChI is InChI=1S/C12H17N5S2/c1-4-6-13-10-8(3)11(17-9(5-2)16-10)18-12-14-7-15-19-12/h7H,4-6H2,1-3H3,(H,13,16,17). The Kier molecular flexibility index (Phi) is 5.09. The highest BCUT2D eigenvalue weighted by Gasteiger charge is 2.12. The zero-order chi connectivity index (χ0) is 13.7. The van der Waals surface area contributed by atoms with Gasteiger partial charge in [0.05, 0.1) is 0 Å². The molecule has 0 aliphatic rings. The monoisotopic (exact) mass is 295 g/mol. The number of nitrogens with zero attached hydrogens (tertiary/aromatic N) is 4. The van der Waals surface area contributed by atoms with Crippen LogP contribution in [0.15, 0.2) is 15.7 Å². The molecule has 0 aliphatic heterocycles. The number of rotatable bonds is 6. The van der Waals surface area contributed by atoms with Crippen molar-refractivity contribution in [1.82, 2.24) is 19.3 Å². The van der Waals surface area contributed by atoms with E-state index in [2.05, 4.69) is 38.5 Å². The third kappa shape index (κ3) is 3.63. The summed E-state index contributed by atoms with van der Waals surface area (Å²) in [6, 6.07) is 0. The fourth-order valence-electron chi connectivity index (χ4n) is 1.50. The molecule has 0 amide bonds. The summed E-state index contributed by atoms with van der Waals surface area (Å²) >= 11 is 2.94. The van der Waals surface area contributed by atoms with Crippen LogP contribution in [-0.2, 0) is 6.42 Å². The second-order valence-electron chi connectivity index (χ2n) is 4.01. The summed E-state index contributed by atoms with van der Waals surface area (Å²) < 4.78 is 4.92. The zero-order valence-electron chi connectivity index (χ0n) is 11.3. The van der Waals surface area contributed by atoms with Gasteiger partial charge in [-0.25, -0.2) is 15.0 Å². The number of anilines is 1. The molecule has 2 aromatic rings. The third-order valence-electron chi connectivity index (χ3n) is 2.53. The molecule has 7 heteroatoms. The first kappa shape index (κ1) is 14.2. The molecule has 2 rings (SSSR count). The van der Waals surface area contributed by atoms with Gasteiger partial charge in [0.25, 0.3) is 0 Å². The molecule has 19 heavy (non-hydrogen) atoms. The summed E-state index contributed by atoms with van der Waals surface area (Å²) in [6.45, 7) is 7.17. The summed E-state index contributed by atoms with van der Waals surface area (Å²) in [4.78, 5) is 13.3. The van der Waals surface area contributed by atoms with Crippen LogP contribution in [-0.4, -0.2) is 25.9 Å². The van der Waals surface area contributed by atoms with Gasteiger partial charge in [0.1, 0.15) is 23.0 Å². The van der Waals surface area contributed by atoms with Gasteiger partial charge < -0.3 is 5.32 Å². The van der Waals surface area contributed by atoms with Crippen LogP contribution in [0.5, 0.6) is 0 Å². The smallest absolute Gasteiger partial charge is 0.176 e. The minimum absolute atomic E-state index is 0.824. The van der Waals surface area contributed by atoms with E-state index in [1.54, 1.807) is 18.1 Å². The quantitative estimate of drug-likeness (QED) is 0.826. The normalized spacial score (nSPS) is 10.7. The summed E-state index contributed by atoms with van der Waals surface area (Å²) in [7, 11) is 0. The van der Waals surface area contributed by atoms with Crippen molar-refractivity contribution in [3.05, 3.63) is 17.7 Å². The summed E-state index contributed by atoms with van der Waals surface area (Å²) in [5.74, 6) is 1.79. The second-order valence-corrected chi connectivity index (χ2v) is 6.02. The van der Waals surface area contributed by atoms with Gasteiger partial charge in [-0.05, 0) is 36.6 Å². The molecule has 2 heterocycles. The Bertz CT molecular complexity index is 527. The summed E-state index contributed by atoms with van der Waals surface area (Å²) in [6.07, 6.45) is 3.47. The SMILES string of the molecule is CCCNc1nc(CC)nc(Sc2ncns2)c1C. The summed E-state index contributed by atoms with van der Waals surface area (Å²) in [5, 5.41) is 4.32. The van der Waals surface area contributed by atoms with Crippen LogP contribution in [0.3, 0.4) is 0 Å². The van der Waals surface area contributed by atoms with Crippen molar-refractivity contribution < 1.29 is 0 Å². The topological polar surface area (TPSA) is 63.6 Å². The van der Waals surface area contributed by atoms with Crippen LogP contribution in [0.25, 0.3) is 0 Å². The molecule has 0 bridgehead atoms. The van der Waals surface area contributed by atoms with E-state index in [9.17, 15) is 0 Å². The lowest BCUT2D eigenvalue weighted by molar-refractivity contribution is 0.861. The number of hydrogen-bond acceptors (Lipinski definition) is 7. The van der Waals surface area contributed by atoms with Crippen molar-refractivity contribution >= 4 is 29.1 Å². The van der Waals surface area contributed by atoms with Crippen molar-refractivity contribution in [3.8, 4) is 0 Å². The van der Waals surface area contributed by atoms with E-state index < -0.39 is 0 Å². The van der Waals surface area contributed by atoms with Gasteiger partial charge in [-0.1, -0.05) is 13.8 Å². The Labute approximate surface area is 121 Å². The van der Waals surface area contributed by atoms with E-state index >= 15 is 0 Å². The fourth-order valence-corrected chi connectivity index (χ4v) is 2.96. The zero-order valence-corrected chi connectivity index (χ0v) is 12.9. The first-order valence-corrected chi connectivity index (χ1v) is 7.89. The van der Waals surface area contributed by atoms with Gasteiger partial charge in [-0.15, -0.1) is 0 Å². The number of aromatic nitrogens is 4. The Morgan fingerprint density at radius 1 is 1.32 bits per heavy atom. The predicted octanol–water partition coefficient (Wildman–Crippen LogP) is 3.17. The maximum atomic E-state index is 4.59. The summed E-state index contributed by atoms with van der Waals surface area (Å²) in [5.41, 5.74) is 1.07. The van der Waals surface area contributed by atoms with Crippen LogP contribution < -0.4 is 5.32 Å². The van der Waals surface area contributed by atoms with Crippen molar-refractivity contribution in [1.29, 1.82) is 0 Å². The number of aryl methyl sites for hydroxylation is 1. The highest BCUT2D eigenvalue weighted by atomic mass is 32.2. The van der Waals surface area contributed by atoms with E-state index in [0.717, 1.165) is 46.0 Å². The van der Waals surface area contributed by atoms with Gasteiger partial charge >= 0.3 is 0 Å². The molecular formula is C12H17N5S2. The Hall–Kier alpha value is -1.21. The second kappa shape index (κ2) is 6.81. The van der Waals surface area contributed by atoms with Crippen LogP contribution >= 0.6 is 23.3 Å². The van der Waals surface area contributed by atoms with E-state index in [0.29, 0.717) is 0 Å². The molecule has 0 saturated heterocycles. The molecule has 1 N–H and O–H groups in total. The first-order valence-electron chi connectivity index (χ1n) is 6.30. The third-order valence-corrected chi connectivity index (χ3v) is 4.34. The molecule has 0 aromatic carbocycles. The molecule has 0 aliphatic carbocycles. The Balaban J connectivity index is 2.30. The minimum atomic E-state index is 0.824. The maximum Gasteiger partial charge on any atom is 0.176 e. The molecule has 5 nitrogen and oxygen atoms in total. The molecule has 0 unspecified atom stereocenters. The molecule has 102 valence electrons. The van der Waals surface area contributed by atoms with Crippen molar-refractivity contribution in [2.75, 3.05) is 11.9 Å². The van der Waals surface area contributed by atoms with Crippen LogP contribution in [0.1, 0.15) is 31.7 Å². The molecule has 0 saturated carbocycles. The van der Waals surface area contributed by atoms with Crippen molar-refractivity contribution in [2.45, 2.75) is 43.0 Å². The van der Waals surface area contributed by atoms with Crippen LogP contribution in [0.4, 0.5) is 5.82 Å². The largest absolute Gasteiger partial charge is 0.370 e. The van der Waals surface area contributed by atoms with Crippen LogP contribution in [0, 0.1) is 6.92 Å². The van der Waals surface area contributed by atoms with Gasteiger partial charge in [-0.3, -0.25) is 0 Å². The van der Waals surface area contributed by atoms with Gasteiger partial charge in [0.2, 0.25) is 0 Å². The lowest BCUT2D eigenvalue weighted by Gasteiger charge is -2.12. The van der Waals surface area contributed by atoms with Gasteiger partial charge in [0, 0.05) is 18.5 Å². The van der Waals surface area contributed by atoms with E-state index in [-0.39, 0.29) is 0 Å². The predicted molar refractivity (Wildman–Crippen MR) is 79.0 cm³/mol. The average Bonchev–Trinajstić information content (AvgIpc) is 2.92. The van der Waals surface area contributed by atoms with Gasteiger partial charge in [0.15, 0.2) is 4.34 Å². The van der Waals surface area contributed by atoms with Crippen LogP contribution in [0.2, 0.25) is 0 Å². The van der Waals surface area contributed by atoms with E-state index in [1.165, 1.54) is 11.5 Å². The highest BCUT2D eigenvalue weighted by molar-refractivity contribution is 8.00. The molecular weight excluding hydrogens is 278 g/mol. The molecule has 0 spiro atoms. The first-order chi connectivity index (χ1) is 9.24. The molecule has 2 aromatic heterocycles. The molecule has 0 fully saturated rings. The van der Waals surface area contributed by atoms with Crippen molar-refractivity contribution in [2.24, 2.45) is 0 Å². The Morgan fingerprint density at radius 2 is 2.16 bits per heavy atom. The molecule has 0 radical (unpaired) electrons. The van der Waals surface area contributed by atoms with Gasteiger partial charge in [-0.2, -0.15) is 4.37 Å². The average molecular weight is 295 g/mol. The maximum absolute atomic E-state index is 4.59. The van der Waals surface area contributed by atoms with E-state index in [4.69, 9.17) is 0 Å². The van der Waals surface area contributed by atoms with Crippen molar-refractivity contribution in [3.63, 3.8) is 0 Å². The molecule has 0 atom stereocenters. The number of nitrogens with one attached hydrogen (secondary N) is 1. The highest BCUT2D eigenvalue weighted by Crippen LogP contribution is 2.31. The minimum Gasteiger partial charge on any atom is -0.370 e.